The highest BCUT2D eigenvalue weighted by atomic mass is 19.1. The number of carbonyl (C=O) groups excluding carboxylic acids is 3. The number of hydrogen-bond donors (Lipinski definition) is 3. The standard InChI is InChI=1S/C31H42F2N4O4/c1-4-10-37(11-5-2)30(39)22-12-20(3)13-23(17-22)31(40)41-28(19-36-27-8-6-7-9-35-29(27)38)26(34)16-21-14-24(32)18-25(33)15-21/h12-15,17-18,26-28,36H,4-11,16,19,34H2,1-3H3,(H,35,38)/t26?,27-,28?/m0/s1. The summed E-state index contributed by atoms with van der Waals surface area (Å²) in [6, 6.07) is 6.73. The Hall–Kier alpha value is -3.37. The van der Waals surface area contributed by atoms with Gasteiger partial charge in [-0.25, -0.2) is 13.6 Å². The molecule has 1 heterocycles. The molecule has 10 heteroatoms. The summed E-state index contributed by atoms with van der Waals surface area (Å²) >= 11 is 0. The fraction of sp³-hybridized carbons (Fsp3) is 0.516. The van der Waals surface area contributed by atoms with Crippen molar-refractivity contribution >= 4 is 17.8 Å². The van der Waals surface area contributed by atoms with Crippen LogP contribution in [0.3, 0.4) is 0 Å². The number of hydrogen-bond acceptors (Lipinski definition) is 6. The SMILES string of the molecule is CCCN(CCC)C(=O)c1cc(C)cc(C(=O)OC(CN[C@H]2CCCCNC2=O)C(N)Cc2cc(F)cc(F)c2)c1. The first kappa shape index (κ1) is 32.1. The van der Waals surface area contributed by atoms with Crippen molar-refractivity contribution in [2.45, 2.75) is 77.5 Å². The Morgan fingerprint density at radius 3 is 2.37 bits per heavy atom. The molecule has 0 bridgehead atoms. The van der Waals surface area contributed by atoms with Gasteiger partial charge >= 0.3 is 5.97 Å². The van der Waals surface area contributed by atoms with E-state index in [9.17, 15) is 23.2 Å². The second-order valence-corrected chi connectivity index (χ2v) is 10.7. The summed E-state index contributed by atoms with van der Waals surface area (Å²) in [6.45, 7) is 7.68. The number of aryl methyl sites for hydroxylation is 1. The fourth-order valence-corrected chi connectivity index (χ4v) is 5.07. The average molecular weight is 573 g/mol. The number of rotatable bonds is 13. The molecule has 3 atom stereocenters. The number of ether oxygens (including phenoxy) is 1. The summed E-state index contributed by atoms with van der Waals surface area (Å²) < 4.78 is 33.5. The molecule has 1 aliphatic heterocycles. The molecule has 0 spiro atoms. The lowest BCUT2D eigenvalue weighted by atomic mass is 10.0. The van der Waals surface area contributed by atoms with E-state index in [-0.39, 0.29) is 30.3 Å². The molecule has 0 radical (unpaired) electrons. The lowest BCUT2D eigenvalue weighted by Crippen LogP contribution is -2.51. The predicted molar refractivity (Wildman–Crippen MR) is 154 cm³/mol. The largest absolute Gasteiger partial charge is 0.456 e. The second-order valence-electron chi connectivity index (χ2n) is 10.7. The van der Waals surface area contributed by atoms with Gasteiger partial charge in [0.2, 0.25) is 5.91 Å². The maximum absolute atomic E-state index is 13.8. The molecule has 2 unspecified atom stereocenters. The number of halogens is 2. The molecule has 2 aromatic rings. The lowest BCUT2D eigenvalue weighted by Gasteiger charge is -2.27. The van der Waals surface area contributed by atoms with Crippen molar-refractivity contribution in [1.82, 2.24) is 15.5 Å². The Balaban J connectivity index is 1.83. The van der Waals surface area contributed by atoms with E-state index in [4.69, 9.17) is 10.5 Å². The monoisotopic (exact) mass is 572 g/mol. The second kappa shape index (κ2) is 15.6. The third-order valence-electron chi connectivity index (χ3n) is 7.06. The highest BCUT2D eigenvalue weighted by Crippen LogP contribution is 2.17. The van der Waals surface area contributed by atoms with Crippen LogP contribution >= 0.6 is 0 Å². The van der Waals surface area contributed by atoms with Gasteiger partial charge in [0.1, 0.15) is 17.7 Å². The summed E-state index contributed by atoms with van der Waals surface area (Å²) in [6.07, 6.45) is 3.07. The molecule has 0 saturated carbocycles. The number of esters is 1. The van der Waals surface area contributed by atoms with Crippen molar-refractivity contribution in [3.05, 3.63) is 70.3 Å². The van der Waals surface area contributed by atoms with Crippen LogP contribution in [-0.2, 0) is 16.0 Å². The van der Waals surface area contributed by atoms with Crippen LogP contribution in [0.15, 0.2) is 36.4 Å². The topological polar surface area (TPSA) is 114 Å². The van der Waals surface area contributed by atoms with Crippen LogP contribution in [-0.4, -0.2) is 67.1 Å². The normalized spacial score (nSPS) is 16.8. The fourth-order valence-electron chi connectivity index (χ4n) is 5.07. The molecule has 0 aliphatic carbocycles. The molecular formula is C31H42F2N4O4. The van der Waals surface area contributed by atoms with E-state index in [0.29, 0.717) is 37.2 Å². The van der Waals surface area contributed by atoms with Gasteiger partial charge in [0.15, 0.2) is 0 Å². The van der Waals surface area contributed by atoms with E-state index in [1.165, 1.54) is 18.2 Å². The summed E-state index contributed by atoms with van der Waals surface area (Å²) in [5.41, 5.74) is 8.08. The first-order valence-corrected chi connectivity index (χ1v) is 14.4. The molecule has 2 amide bonds. The number of nitrogens with two attached hydrogens (primary N) is 1. The Labute approximate surface area is 241 Å². The summed E-state index contributed by atoms with van der Waals surface area (Å²) in [4.78, 5) is 40.9. The highest BCUT2D eigenvalue weighted by Gasteiger charge is 2.28. The minimum Gasteiger partial charge on any atom is -0.456 e. The molecule has 0 aromatic heterocycles. The number of benzene rings is 2. The Morgan fingerprint density at radius 1 is 1.05 bits per heavy atom. The van der Waals surface area contributed by atoms with Gasteiger partial charge in [-0.15, -0.1) is 0 Å². The summed E-state index contributed by atoms with van der Waals surface area (Å²) in [7, 11) is 0. The van der Waals surface area contributed by atoms with Crippen molar-refractivity contribution in [1.29, 1.82) is 0 Å². The number of nitrogens with zero attached hydrogens (tertiary/aromatic N) is 1. The molecule has 1 fully saturated rings. The van der Waals surface area contributed by atoms with E-state index in [0.717, 1.165) is 37.3 Å². The number of nitrogens with one attached hydrogen (secondary N) is 2. The molecule has 3 rings (SSSR count). The van der Waals surface area contributed by atoms with Gasteiger partial charge in [-0.2, -0.15) is 0 Å². The summed E-state index contributed by atoms with van der Waals surface area (Å²) in [5, 5.41) is 6.02. The van der Waals surface area contributed by atoms with Crippen molar-refractivity contribution in [2.75, 3.05) is 26.2 Å². The zero-order valence-electron chi connectivity index (χ0n) is 24.2. The number of carbonyl (C=O) groups is 3. The van der Waals surface area contributed by atoms with E-state index >= 15 is 0 Å². The van der Waals surface area contributed by atoms with Crippen LogP contribution in [0.5, 0.6) is 0 Å². The van der Waals surface area contributed by atoms with Gasteiger partial charge < -0.3 is 26.0 Å². The third-order valence-corrected chi connectivity index (χ3v) is 7.06. The smallest absolute Gasteiger partial charge is 0.338 e. The van der Waals surface area contributed by atoms with E-state index in [1.807, 2.05) is 13.8 Å². The average Bonchev–Trinajstić information content (AvgIpc) is 3.12. The van der Waals surface area contributed by atoms with E-state index < -0.39 is 35.8 Å². The first-order valence-electron chi connectivity index (χ1n) is 14.4. The molecular weight excluding hydrogens is 530 g/mol. The van der Waals surface area contributed by atoms with Crippen molar-refractivity contribution in [3.63, 3.8) is 0 Å². The van der Waals surface area contributed by atoms with Crippen LogP contribution in [0.25, 0.3) is 0 Å². The zero-order valence-corrected chi connectivity index (χ0v) is 24.2. The van der Waals surface area contributed by atoms with Gasteiger partial charge in [-0.1, -0.05) is 13.8 Å². The molecule has 4 N–H and O–H groups in total. The van der Waals surface area contributed by atoms with E-state index in [2.05, 4.69) is 10.6 Å². The minimum atomic E-state index is -0.929. The predicted octanol–water partition coefficient (Wildman–Crippen LogP) is 3.89. The zero-order chi connectivity index (χ0) is 29.9. The lowest BCUT2D eigenvalue weighted by molar-refractivity contribution is -0.122. The Bertz CT molecular complexity index is 1180. The van der Waals surface area contributed by atoms with Crippen LogP contribution in [0.4, 0.5) is 8.78 Å². The van der Waals surface area contributed by atoms with Gasteiger partial charge in [0.25, 0.3) is 5.91 Å². The van der Waals surface area contributed by atoms with Crippen LogP contribution in [0, 0.1) is 18.6 Å². The van der Waals surface area contributed by atoms with Crippen LogP contribution in [0.1, 0.15) is 77.8 Å². The molecule has 1 aliphatic rings. The van der Waals surface area contributed by atoms with Gasteiger partial charge in [-0.05, 0) is 86.9 Å². The number of amides is 2. The quantitative estimate of drug-likeness (QED) is 0.314. The Kier molecular flexibility index (Phi) is 12.2. The third kappa shape index (κ3) is 9.60. The Morgan fingerprint density at radius 2 is 1.71 bits per heavy atom. The molecule has 8 nitrogen and oxygen atoms in total. The summed E-state index contributed by atoms with van der Waals surface area (Å²) in [5.74, 6) is -2.44. The first-order chi connectivity index (χ1) is 19.6. The maximum atomic E-state index is 13.8. The van der Waals surface area contributed by atoms with Gasteiger partial charge in [-0.3, -0.25) is 9.59 Å². The molecule has 1 saturated heterocycles. The molecule has 224 valence electrons. The van der Waals surface area contributed by atoms with Gasteiger partial charge in [0.05, 0.1) is 11.6 Å². The van der Waals surface area contributed by atoms with Crippen molar-refractivity contribution in [2.24, 2.45) is 5.73 Å². The van der Waals surface area contributed by atoms with Crippen LogP contribution < -0.4 is 16.4 Å². The van der Waals surface area contributed by atoms with Crippen molar-refractivity contribution in [3.8, 4) is 0 Å². The minimum absolute atomic E-state index is 0.0335. The van der Waals surface area contributed by atoms with Crippen LogP contribution in [0.2, 0.25) is 0 Å². The van der Waals surface area contributed by atoms with Crippen molar-refractivity contribution < 1.29 is 27.9 Å². The van der Waals surface area contributed by atoms with E-state index in [1.54, 1.807) is 24.0 Å². The van der Waals surface area contributed by atoms with Gasteiger partial charge in [0, 0.05) is 43.9 Å². The molecule has 2 aromatic carbocycles. The highest BCUT2D eigenvalue weighted by molar-refractivity contribution is 5.98. The maximum Gasteiger partial charge on any atom is 0.338 e. The molecule has 41 heavy (non-hydrogen) atoms.